The zero-order valence-electron chi connectivity index (χ0n) is 11.7. The maximum atomic E-state index is 4.23. The highest BCUT2D eigenvalue weighted by atomic mass is 79.9. The predicted molar refractivity (Wildman–Crippen MR) is 87.4 cm³/mol. The van der Waals surface area contributed by atoms with Crippen LogP contribution in [0.25, 0.3) is 0 Å². The second-order valence-electron chi connectivity index (χ2n) is 5.03. The average Bonchev–Trinajstić information content (AvgIpc) is 2.39. The van der Waals surface area contributed by atoms with Crippen molar-refractivity contribution in [3.05, 3.63) is 41.1 Å². The highest BCUT2D eigenvalue weighted by Crippen LogP contribution is 2.20. The zero-order chi connectivity index (χ0) is 14.4. The first-order chi connectivity index (χ1) is 9.63. The number of nitrogens with one attached hydrogen (secondary N) is 2. The van der Waals surface area contributed by atoms with Crippen LogP contribution in [0, 0.1) is 5.92 Å². The number of benzene rings is 1. The molecule has 1 aromatic heterocycles. The monoisotopic (exact) mass is 334 g/mol. The van der Waals surface area contributed by atoms with E-state index in [1.54, 1.807) is 6.33 Å². The maximum absolute atomic E-state index is 4.23. The van der Waals surface area contributed by atoms with Crippen molar-refractivity contribution in [1.82, 2.24) is 9.97 Å². The number of halogens is 1. The minimum absolute atomic E-state index is 0.684. The van der Waals surface area contributed by atoms with Gasteiger partial charge in [-0.15, -0.1) is 0 Å². The largest absolute Gasteiger partial charge is 0.370 e. The zero-order valence-corrected chi connectivity index (χ0v) is 13.3. The van der Waals surface area contributed by atoms with Crippen LogP contribution in [0.1, 0.15) is 20.3 Å². The molecule has 0 bridgehead atoms. The van der Waals surface area contributed by atoms with E-state index in [1.807, 2.05) is 30.3 Å². The summed E-state index contributed by atoms with van der Waals surface area (Å²) in [6, 6.07) is 9.90. The van der Waals surface area contributed by atoms with Gasteiger partial charge >= 0.3 is 0 Å². The van der Waals surface area contributed by atoms with Crippen LogP contribution in [0.3, 0.4) is 0 Å². The molecule has 0 radical (unpaired) electrons. The van der Waals surface area contributed by atoms with Crippen LogP contribution in [0.15, 0.2) is 41.1 Å². The fraction of sp³-hybridized carbons (Fsp3) is 0.333. The molecule has 0 unspecified atom stereocenters. The van der Waals surface area contributed by atoms with Gasteiger partial charge in [0.15, 0.2) is 0 Å². The van der Waals surface area contributed by atoms with E-state index in [0.29, 0.717) is 5.92 Å². The van der Waals surface area contributed by atoms with Gasteiger partial charge in [-0.05, 0) is 30.5 Å². The van der Waals surface area contributed by atoms with Gasteiger partial charge in [0.25, 0.3) is 0 Å². The number of hydrogen-bond donors (Lipinski definition) is 2. The molecule has 2 aromatic rings. The molecule has 0 aliphatic carbocycles. The van der Waals surface area contributed by atoms with Crippen molar-refractivity contribution in [2.24, 2.45) is 5.92 Å². The van der Waals surface area contributed by atoms with Gasteiger partial charge in [-0.1, -0.05) is 35.8 Å². The fourth-order valence-electron chi connectivity index (χ4n) is 1.73. The Bertz CT molecular complexity index is 557. The number of anilines is 3. The summed E-state index contributed by atoms with van der Waals surface area (Å²) in [5.41, 5.74) is 0.992. The van der Waals surface area contributed by atoms with E-state index in [1.165, 1.54) is 0 Å². The first-order valence-electron chi connectivity index (χ1n) is 6.72. The summed E-state index contributed by atoms with van der Waals surface area (Å²) in [5, 5.41) is 6.58. The van der Waals surface area contributed by atoms with E-state index in [-0.39, 0.29) is 0 Å². The lowest BCUT2D eigenvalue weighted by atomic mass is 10.1. The molecule has 1 aromatic carbocycles. The second-order valence-corrected chi connectivity index (χ2v) is 5.95. The molecule has 1 heterocycles. The van der Waals surface area contributed by atoms with E-state index >= 15 is 0 Å². The van der Waals surface area contributed by atoms with Crippen molar-refractivity contribution in [2.75, 3.05) is 17.2 Å². The Morgan fingerprint density at radius 1 is 1.15 bits per heavy atom. The lowest BCUT2D eigenvalue weighted by molar-refractivity contribution is 0.606. The van der Waals surface area contributed by atoms with Gasteiger partial charge in [0.05, 0.1) is 0 Å². The first-order valence-corrected chi connectivity index (χ1v) is 7.51. The van der Waals surface area contributed by atoms with Crippen LogP contribution < -0.4 is 10.6 Å². The van der Waals surface area contributed by atoms with Crippen molar-refractivity contribution in [3.8, 4) is 0 Å². The van der Waals surface area contributed by atoms with E-state index in [4.69, 9.17) is 0 Å². The molecule has 0 spiro atoms. The van der Waals surface area contributed by atoms with Gasteiger partial charge in [0.1, 0.15) is 18.0 Å². The summed E-state index contributed by atoms with van der Waals surface area (Å²) in [4.78, 5) is 8.45. The third kappa shape index (κ3) is 4.81. The van der Waals surface area contributed by atoms with E-state index in [2.05, 4.69) is 50.4 Å². The molecule has 0 aliphatic heterocycles. The minimum Gasteiger partial charge on any atom is -0.370 e. The Morgan fingerprint density at radius 3 is 2.70 bits per heavy atom. The Balaban J connectivity index is 1.99. The Kier molecular flexibility index (Phi) is 5.35. The van der Waals surface area contributed by atoms with Gasteiger partial charge < -0.3 is 10.6 Å². The summed E-state index contributed by atoms with van der Waals surface area (Å²) in [6.45, 7) is 5.34. The minimum atomic E-state index is 0.684. The van der Waals surface area contributed by atoms with Crippen molar-refractivity contribution in [2.45, 2.75) is 20.3 Å². The molecule has 0 aliphatic rings. The molecule has 2 N–H and O–H groups in total. The van der Waals surface area contributed by atoms with E-state index in [0.717, 1.165) is 34.8 Å². The lowest BCUT2D eigenvalue weighted by Gasteiger charge is -2.09. The summed E-state index contributed by atoms with van der Waals surface area (Å²) < 4.78 is 1.03. The van der Waals surface area contributed by atoms with Crippen molar-refractivity contribution in [3.63, 3.8) is 0 Å². The van der Waals surface area contributed by atoms with Crippen LogP contribution in [-0.2, 0) is 0 Å². The predicted octanol–water partition coefficient (Wildman–Crippen LogP) is 4.44. The molecule has 0 saturated heterocycles. The molecule has 0 amide bonds. The molecular formula is C15H19BrN4. The third-order valence-corrected chi connectivity index (χ3v) is 3.29. The number of hydrogen-bond acceptors (Lipinski definition) is 4. The van der Waals surface area contributed by atoms with Gasteiger partial charge in [0, 0.05) is 22.8 Å². The second kappa shape index (κ2) is 7.24. The number of nitrogens with zero attached hydrogens (tertiary/aromatic N) is 2. The topological polar surface area (TPSA) is 49.8 Å². The molecular weight excluding hydrogens is 316 g/mol. The first kappa shape index (κ1) is 14.8. The Hall–Kier alpha value is -1.62. The van der Waals surface area contributed by atoms with Gasteiger partial charge in [-0.3, -0.25) is 0 Å². The standard InChI is InChI=1S/C15H19BrN4/c1-11(2)6-7-17-14-9-15(19-10-18-14)20-13-5-3-4-12(16)8-13/h3-5,8-11H,6-7H2,1-2H3,(H2,17,18,19,20). The summed E-state index contributed by atoms with van der Waals surface area (Å²) in [5.74, 6) is 2.31. The van der Waals surface area contributed by atoms with E-state index < -0.39 is 0 Å². The van der Waals surface area contributed by atoms with Crippen molar-refractivity contribution >= 4 is 33.3 Å². The van der Waals surface area contributed by atoms with Gasteiger partial charge in [0.2, 0.25) is 0 Å². The van der Waals surface area contributed by atoms with Crippen LogP contribution >= 0.6 is 15.9 Å². The van der Waals surface area contributed by atoms with Gasteiger partial charge in [-0.2, -0.15) is 0 Å². The molecule has 4 nitrogen and oxygen atoms in total. The molecule has 5 heteroatoms. The third-order valence-electron chi connectivity index (χ3n) is 2.79. The lowest BCUT2D eigenvalue weighted by Crippen LogP contribution is -2.06. The highest BCUT2D eigenvalue weighted by molar-refractivity contribution is 9.10. The van der Waals surface area contributed by atoms with Crippen molar-refractivity contribution in [1.29, 1.82) is 0 Å². The fourth-order valence-corrected chi connectivity index (χ4v) is 2.12. The summed E-state index contributed by atoms with van der Waals surface area (Å²) >= 11 is 3.45. The van der Waals surface area contributed by atoms with E-state index in [9.17, 15) is 0 Å². The van der Waals surface area contributed by atoms with Crippen LogP contribution in [0.2, 0.25) is 0 Å². The van der Waals surface area contributed by atoms with Crippen LogP contribution in [0.5, 0.6) is 0 Å². The molecule has 0 fully saturated rings. The smallest absolute Gasteiger partial charge is 0.135 e. The maximum Gasteiger partial charge on any atom is 0.135 e. The highest BCUT2D eigenvalue weighted by Gasteiger charge is 2.00. The number of rotatable bonds is 6. The van der Waals surface area contributed by atoms with Gasteiger partial charge in [-0.25, -0.2) is 9.97 Å². The Labute approximate surface area is 128 Å². The van der Waals surface area contributed by atoms with Crippen LogP contribution in [-0.4, -0.2) is 16.5 Å². The number of aromatic nitrogens is 2. The summed E-state index contributed by atoms with van der Waals surface area (Å²) in [7, 11) is 0. The van der Waals surface area contributed by atoms with Crippen LogP contribution in [0.4, 0.5) is 17.3 Å². The molecule has 2 rings (SSSR count). The molecule has 0 saturated carbocycles. The normalized spacial score (nSPS) is 10.6. The quantitative estimate of drug-likeness (QED) is 0.819. The average molecular weight is 335 g/mol. The summed E-state index contributed by atoms with van der Waals surface area (Å²) in [6.07, 6.45) is 2.69. The molecule has 20 heavy (non-hydrogen) atoms. The molecule has 106 valence electrons. The molecule has 0 atom stereocenters. The van der Waals surface area contributed by atoms with Crippen molar-refractivity contribution < 1.29 is 0 Å². The Morgan fingerprint density at radius 2 is 1.95 bits per heavy atom. The SMILES string of the molecule is CC(C)CCNc1cc(Nc2cccc(Br)c2)ncn1.